The molecule has 2 aromatic carbocycles. The standard InChI is InChI=1S/C28H24O4S2/c1-2-14-26-25(13-1)29-17-5-9-21-33-23-11-7-19-31-27-15-3-4-16-28(27)32-20-8-12-24-34-22-10-6-18-30-26/h1-4,13-16H,17-24H2. The topological polar surface area (TPSA) is 36.9 Å². The van der Waals surface area contributed by atoms with Crippen molar-refractivity contribution in [2.75, 3.05) is 49.4 Å². The van der Waals surface area contributed by atoms with Crippen molar-refractivity contribution in [2.24, 2.45) is 0 Å². The predicted octanol–water partition coefficient (Wildman–Crippen LogP) is 4.40. The lowest BCUT2D eigenvalue weighted by molar-refractivity contribution is 0.314. The summed E-state index contributed by atoms with van der Waals surface area (Å²) in [5, 5.41) is 0. The van der Waals surface area contributed by atoms with Gasteiger partial charge in [-0.25, -0.2) is 0 Å². The van der Waals surface area contributed by atoms with Gasteiger partial charge in [-0.15, -0.1) is 23.5 Å². The maximum Gasteiger partial charge on any atom is 0.162 e. The van der Waals surface area contributed by atoms with Gasteiger partial charge in [-0.3, -0.25) is 0 Å². The SMILES string of the molecule is C1#CCSCC#CCOc2ccccc2OCC#CCSCC#CCOc2ccccc2OC1. The van der Waals surface area contributed by atoms with Crippen LogP contribution in [-0.4, -0.2) is 49.4 Å². The quantitative estimate of drug-likeness (QED) is 0.512. The minimum Gasteiger partial charge on any atom is -0.477 e. The Morgan fingerprint density at radius 1 is 0.412 bits per heavy atom. The van der Waals surface area contributed by atoms with Crippen LogP contribution in [0.25, 0.3) is 0 Å². The molecule has 2 aromatic rings. The summed E-state index contributed by atoms with van der Waals surface area (Å²) in [6, 6.07) is 15.1. The Morgan fingerprint density at radius 2 is 0.676 bits per heavy atom. The van der Waals surface area contributed by atoms with E-state index in [0.29, 0.717) is 72.4 Å². The van der Waals surface area contributed by atoms with Gasteiger partial charge in [0, 0.05) is 0 Å². The van der Waals surface area contributed by atoms with Gasteiger partial charge in [0.05, 0.1) is 23.0 Å². The van der Waals surface area contributed by atoms with Crippen LogP contribution in [0.1, 0.15) is 0 Å². The molecular weight excluding hydrogens is 464 g/mol. The number of thioether (sulfide) groups is 2. The molecule has 1 aliphatic heterocycles. The van der Waals surface area contributed by atoms with E-state index in [0.717, 1.165) is 0 Å². The molecule has 3 rings (SSSR count). The van der Waals surface area contributed by atoms with Gasteiger partial charge >= 0.3 is 0 Å². The third kappa shape index (κ3) is 10.0. The van der Waals surface area contributed by atoms with Crippen molar-refractivity contribution in [1.29, 1.82) is 0 Å². The maximum atomic E-state index is 5.75. The lowest BCUT2D eigenvalue weighted by Crippen LogP contribution is -2.00. The molecule has 4 nitrogen and oxygen atoms in total. The fraction of sp³-hybridized carbons (Fsp3) is 0.286. The number of ether oxygens (including phenoxy) is 4. The molecule has 0 amide bonds. The largest absolute Gasteiger partial charge is 0.477 e. The number of fused-ring (bicyclic) bond motifs is 2. The number of rotatable bonds is 0. The summed E-state index contributed by atoms with van der Waals surface area (Å²) in [5.74, 6) is 29.8. The number of hydrogen-bond acceptors (Lipinski definition) is 6. The van der Waals surface area contributed by atoms with E-state index in [9.17, 15) is 0 Å². The van der Waals surface area contributed by atoms with E-state index in [4.69, 9.17) is 18.9 Å². The van der Waals surface area contributed by atoms with Crippen molar-refractivity contribution >= 4 is 23.5 Å². The van der Waals surface area contributed by atoms with Crippen LogP contribution in [0.2, 0.25) is 0 Å². The first-order valence-electron chi connectivity index (χ1n) is 10.6. The monoisotopic (exact) mass is 488 g/mol. The highest BCUT2D eigenvalue weighted by Crippen LogP contribution is 2.26. The normalized spacial score (nSPS) is 14.8. The molecule has 0 aromatic heterocycles. The second-order valence-electron chi connectivity index (χ2n) is 6.45. The first-order valence-corrected chi connectivity index (χ1v) is 12.9. The lowest BCUT2D eigenvalue weighted by Gasteiger charge is -2.09. The molecule has 0 saturated carbocycles. The molecule has 0 atom stereocenters. The molecule has 0 fully saturated rings. The van der Waals surface area contributed by atoms with Gasteiger partial charge in [-0.1, -0.05) is 71.6 Å². The highest BCUT2D eigenvalue weighted by molar-refractivity contribution is 7.99. The van der Waals surface area contributed by atoms with E-state index in [1.54, 1.807) is 23.5 Å². The smallest absolute Gasteiger partial charge is 0.162 e. The molecule has 1 heterocycles. The van der Waals surface area contributed by atoms with Crippen molar-refractivity contribution in [1.82, 2.24) is 0 Å². The summed E-state index contributed by atoms with van der Waals surface area (Å²) in [4.78, 5) is 0. The molecule has 0 spiro atoms. The minimum absolute atomic E-state index is 0.297. The van der Waals surface area contributed by atoms with Gasteiger partial charge in [0.2, 0.25) is 0 Å². The first-order chi connectivity index (χ1) is 16.9. The van der Waals surface area contributed by atoms with E-state index >= 15 is 0 Å². The molecule has 1 aliphatic rings. The molecule has 0 radical (unpaired) electrons. The van der Waals surface area contributed by atoms with Crippen LogP contribution in [0.4, 0.5) is 0 Å². The second-order valence-corrected chi connectivity index (χ2v) is 8.42. The van der Waals surface area contributed by atoms with E-state index in [-0.39, 0.29) is 0 Å². The van der Waals surface area contributed by atoms with Crippen molar-refractivity contribution in [3.05, 3.63) is 48.5 Å². The second kappa shape index (κ2) is 16.2. The number of para-hydroxylation sites is 4. The van der Waals surface area contributed by atoms with Crippen LogP contribution in [0.3, 0.4) is 0 Å². The van der Waals surface area contributed by atoms with Crippen LogP contribution in [-0.2, 0) is 0 Å². The van der Waals surface area contributed by atoms with Crippen LogP contribution in [0.5, 0.6) is 23.0 Å². The molecular formula is C28H24O4S2. The molecule has 0 unspecified atom stereocenters. The van der Waals surface area contributed by atoms with Gasteiger partial charge in [0.25, 0.3) is 0 Å². The number of hydrogen-bond donors (Lipinski definition) is 0. The Bertz CT molecular complexity index is 980. The summed E-state index contributed by atoms with van der Waals surface area (Å²) in [6.45, 7) is 1.19. The van der Waals surface area contributed by atoms with E-state index < -0.39 is 0 Å². The van der Waals surface area contributed by atoms with Crippen LogP contribution < -0.4 is 18.9 Å². The summed E-state index contributed by atoms with van der Waals surface area (Å²) in [6.07, 6.45) is 0. The molecule has 34 heavy (non-hydrogen) atoms. The summed E-state index contributed by atoms with van der Waals surface area (Å²) in [7, 11) is 0. The molecule has 172 valence electrons. The van der Waals surface area contributed by atoms with Crippen molar-refractivity contribution < 1.29 is 18.9 Å². The van der Waals surface area contributed by atoms with Crippen molar-refractivity contribution in [3.8, 4) is 70.4 Å². The average molecular weight is 489 g/mol. The van der Waals surface area contributed by atoms with Crippen LogP contribution >= 0.6 is 23.5 Å². The number of benzene rings is 2. The van der Waals surface area contributed by atoms with E-state index in [1.165, 1.54) is 0 Å². The maximum absolute atomic E-state index is 5.75. The van der Waals surface area contributed by atoms with Gasteiger partial charge in [0.15, 0.2) is 23.0 Å². The summed E-state index contributed by atoms with van der Waals surface area (Å²) in [5.41, 5.74) is 0. The Hall–Kier alpha value is -3.42. The fourth-order valence-corrected chi connectivity index (χ4v) is 3.57. The summed E-state index contributed by atoms with van der Waals surface area (Å²) < 4.78 is 23.0. The van der Waals surface area contributed by atoms with Crippen molar-refractivity contribution in [3.63, 3.8) is 0 Å². The zero-order valence-corrected chi connectivity index (χ0v) is 20.4. The van der Waals surface area contributed by atoms with E-state index in [1.807, 2.05) is 48.5 Å². The van der Waals surface area contributed by atoms with Gasteiger partial charge < -0.3 is 18.9 Å². The molecule has 6 heteroatoms. The van der Waals surface area contributed by atoms with Gasteiger partial charge in [-0.2, -0.15) is 0 Å². The predicted molar refractivity (Wildman–Crippen MR) is 141 cm³/mol. The van der Waals surface area contributed by atoms with Gasteiger partial charge in [0.1, 0.15) is 26.4 Å². The van der Waals surface area contributed by atoms with Crippen LogP contribution in [0.15, 0.2) is 48.5 Å². The molecule has 0 N–H and O–H groups in total. The highest BCUT2D eigenvalue weighted by Gasteiger charge is 2.03. The first kappa shape index (κ1) is 25.2. The van der Waals surface area contributed by atoms with E-state index in [2.05, 4.69) is 47.4 Å². The van der Waals surface area contributed by atoms with Crippen molar-refractivity contribution in [2.45, 2.75) is 0 Å². The fourth-order valence-electron chi connectivity index (χ4n) is 2.55. The summed E-state index contributed by atoms with van der Waals surface area (Å²) >= 11 is 3.29. The third-order valence-corrected chi connectivity index (χ3v) is 5.49. The Morgan fingerprint density at radius 3 is 0.941 bits per heavy atom. The lowest BCUT2D eigenvalue weighted by atomic mass is 10.3. The zero-order chi connectivity index (χ0) is 23.5. The highest BCUT2D eigenvalue weighted by atomic mass is 32.2. The molecule has 0 aliphatic carbocycles. The molecule has 0 saturated heterocycles. The minimum atomic E-state index is 0.297. The Balaban J connectivity index is 1.57. The van der Waals surface area contributed by atoms with Gasteiger partial charge in [-0.05, 0) is 24.3 Å². The zero-order valence-electron chi connectivity index (χ0n) is 18.7. The average Bonchev–Trinajstić information content (AvgIpc) is 2.86. The molecule has 0 bridgehead atoms. The Kier molecular flexibility index (Phi) is 12.0. The third-order valence-electron chi connectivity index (χ3n) is 4.09. The van der Waals surface area contributed by atoms with Crippen LogP contribution in [0, 0.1) is 47.4 Å². The Labute approximate surface area is 210 Å².